The molecule has 0 saturated heterocycles. The average Bonchev–Trinajstić information content (AvgIpc) is 2.61. The maximum atomic E-state index is 11.7. The van der Waals surface area contributed by atoms with E-state index >= 15 is 0 Å². The predicted octanol–water partition coefficient (Wildman–Crippen LogP) is 0.574. The van der Waals surface area contributed by atoms with Gasteiger partial charge < -0.3 is 9.67 Å². The second kappa shape index (κ2) is 5.79. The first kappa shape index (κ1) is 12.9. The van der Waals surface area contributed by atoms with Crippen LogP contribution in [0.5, 0.6) is 0 Å². The molecule has 0 bridgehead atoms. The molecule has 6 heteroatoms. The minimum absolute atomic E-state index is 0.343. The lowest BCUT2D eigenvalue weighted by Crippen LogP contribution is -2.27. The highest BCUT2D eigenvalue weighted by Gasteiger charge is 2.22. The van der Waals surface area contributed by atoms with Gasteiger partial charge in [0.2, 0.25) is 0 Å². The van der Waals surface area contributed by atoms with E-state index in [2.05, 4.69) is 4.98 Å². The molecule has 2 unspecified atom stereocenters. The van der Waals surface area contributed by atoms with Crippen LogP contribution in [0, 0.1) is 0 Å². The fourth-order valence-corrected chi connectivity index (χ4v) is 2.71. The molecular formula is C10H16N2O3S. The number of carboxylic acid groups (broad SMARTS) is 1. The highest BCUT2D eigenvalue weighted by Crippen LogP contribution is 2.05. The highest BCUT2D eigenvalue weighted by atomic mass is 32.2. The molecule has 0 aliphatic carbocycles. The molecule has 0 spiro atoms. The summed E-state index contributed by atoms with van der Waals surface area (Å²) in [6, 6.07) is 0. The third kappa shape index (κ3) is 3.16. The van der Waals surface area contributed by atoms with Crippen molar-refractivity contribution < 1.29 is 14.1 Å². The number of hydrogen-bond donors (Lipinski definition) is 1. The van der Waals surface area contributed by atoms with Crippen LogP contribution in [0.4, 0.5) is 0 Å². The molecule has 0 aliphatic rings. The van der Waals surface area contributed by atoms with E-state index in [1.807, 2.05) is 17.8 Å². The summed E-state index contributed by atoms with van der Waals surface area (Å²) in [4.78, 5) is 14.9. The number of nitrogens with zero attached hydrogens (tertiary/aromatic N) is 2. The molecule has 16 heavy (non-hydrogen) atoms. The number of aromatic nitrogens is 2. The van der Waals surface area contributed by atoms with Crippen molar-refractivity contribution in [2.24, 2.45) is 7.05 Å². The smallest absolute Gasteiger partial charge is 0.319 e. The van der Waals surface area contributed by atoms with Crippen molar-refractivity contribution >= 4 is 16.8 Å². The lowest BCUT2D eigenvalue weighted by Gasteiger charge is -2.09. The second-order valence-electron chi connectivity index (χ2n) is 3.52. The Morgan fingerprint density at radius 2 is 2.38 bits per heavy atom. The van der Waals surface area contributed by atoms with Gasteiger partial charge in [-0.3, -0.25) is 9.00 Å². The van der Waals surface area contributed by atoms with E-state index in [0.29, 0.717) is 18.6 Å². The number of aryl methyl sites for hydroxylation is 2. The standard InChI is InChI=1S/C10H16N2O3S/c1-3-8(10(13)14)16(15)7-4-9-11-5-6-12(9)2/h5-6,8H,3-4,7H2,1-2H3,(H,13,14). The molecule has 0 radical (unpaired) electrons. The molecule has 1 heterocycles. The molecule has 5 nitrogen and oxygen atoms in total. The number of hydrogen-bond acceptors (Lipinski definition) is 3. The highest BCUT2D eigenvalue weighted by molar-refractivity contribution is 7.86. The molecule has 0 fully saturated rings. The van der Waals surface area contributed by atoms with Gasteiger partial charge in [-0.1, -0.05) is 6.92 Å². The molecule has 2 atom stereocenters. The molecule has 1 aromatic heterocycles. The quantitative estimate of drug-likeness (QED) is 0.794. The van der Waals surface area contributed by atoms with Crippen LogP contribution in [0.2, 0.25) is 0 Å². The Hall–Kier alpha value is -1.17. The van der Waals surface area contributed by atoms with Crippen LogP contribution >= 0.6 is 0 Å². The Bertz CT molecular complexity index is 389. The third-order valence-corrected chi connectivity index (χ3v) is 4.19. The molecule has 0 aliphatic heterocycles. The Morgan fingerprint density at radius 1 is 1.69 bits per heavy atom. The minimum atomic E-state index is -1.33. The molecular weight excluding hydrogens is 228 g/mol. The van der Waals surface area contributed by atoms with Gasteiger partial charge in [0.1, 0.15) is 11.1 Å². The van der Waals surface area contributed by atoms with Gasteiger partial charge in [0, 0.05) is 42.4 Å². The first-order chi connectivity index (χ1) is 7.56. The van der Waals surface area contributed by atoms with Gasteiger partial charge in [-0.2, -0.15) is 0 Å². The Morgan fingerprint density at radius 3 is 2.81 bits per heavy atom. The van der Waals surface area contributed by atoms with Gasteiger partial charge in [-0.15, -0.1) is 0 Å². The fraction of sp³-hybridized carbons (Fsp3) is 0.600. The summed E-state index contributed by atoms with van der Waals surface area (Å²) in [6.45, 7) is 1.73. The Balaban J connectivity index is 2.52. The van der Waals surface area contributed by atoms with Crippen molar-refractivity contribution in [2.45, 2.75) is 25.0 Å². The van der Waals surface area contributed by atoms with Gasteiger partial charge in [0.25, 0.3) is 0 Å². The largest absolute Gasteiger partial charge is 0.480 e. The van der Waals surface area contributed by atoms with Crippen LogP contribution in [0.25, 0.3) is 0 Å². The van der Waals surface area contributed by atoms with Gasteiger partial charge in [-0.25, -0.2) is 4.98 Å². The monoisotopic (exact) mass is 244 g/mol. The topological polar surface area (TPSA) is 72.2 Å². The van der Waals surface area contributed by atoms with E-state index in [0.717, 1.165) is 5.82 Å². The van der Waals surface area contributed by atoms with Crippen molar-refractivity contribution in [3.63, 3.8) is 0 Å². The van der Waals surface area contributed by atoms with Gasteiger partial charge >= 0.3 is 5.97 Å². The fourth-order valence-electron chi connectivity index (χ4n) is 1.44. The Kier molecular flexibility index (Phi) is 4.67. The summed E-state index contributed by atoms with van der Waals surface area (Å²) in [5.74, 6) is 0.185. The zero-order valence-electron chi connectivity index (χ0n) is 9.42. The zero-order chi connectivity index (χ0) is 12.1. The summed E-state index contributed by atoms with van der Waals surface area (Å²) in [7, 11) is 0.527. The van der Waals surface area contributed by atoms with Crippen molar-refractivity contribution in [2.75, 3.05) is 5.75 Å². The van der Waals surface area contributed by atoms with Crippen LogP contribution in [0.1, 0.15) is 19.2 Å². The van der Waals surface area contributed by atoms with Crippen LogP contribution in [0.15, 0.2) is 12.4 Å². The second-order valence-corrected chi connectivity index (χ2v) is 5.26. The van der Waals surface area contributed by atoms with Gasteiger partial charge in [0.15, 0.2) is 0 Å². The van der Waals surface area contributed by atoms with Gasteiger partial charge in [0.05, 0.1) is 0 Å². The van der Waals surface area contributed by atoms with E-state index in [-0.39, 0.29) is 0 Å². The first-order valence-electron chi connectivity index (χ1n) is 5.12. The molecule has 0 amide bonds. The number of carbonyl (C=O) groups is 1. The summed E-state index contributed by atoms with van der Waals surface area (Å²) in [5.41, 5.74) is 0. The van der Waals surface area contributed by atoms with E-state index in [1.54, 1.807) is 13.1 Å². The van der Waals surface area contributed by atoms with Gasteiger partial charge in [-0.05, 0) is 6.42 Å². The number of imidazole rings is 1. The van der Waals surface area contributed by atoms with Crippen molar-refractivity contribution in [1.29, 1.82) is 0 Å². The van der Waals surface area contributed by atoms with E-state index < -0.39 is 22.0 Å². The molecule has 90 valence electrons. The van der Waals surface area contributed by atoms with Crippen molar-refractivity contribution in [1.82, 2.24) is 9.55 Å². The normalized spacial score (nSPS) is 14.6. The lowest BCUT2D eigenvalue weighted by molar-refractivity contribution is -0.136. The molecule has 1 aromatic rings. The van der Waals surface area contributed by atoms with Crippen molar-refractivity contribution in [3.05, 3.63) is 18.2 Å². The maximum Gasteiger partial charge on any atom is 0.319 e. The predicted molar refractivity (Wildman–Crippen MR) is 61.6 cm³/mol. The van der Waals surface area contributed by atoms with Crippen LogP contribution in [-0.4, -0.2) is 35.8 Å². The molecule has 1 N–H and O–H groups in total. The van der Waals surface area contributed by atoms with Crippen molar-refractivity contribution in [3.8, 4) is 0 Å². The lowest BCUT2D eigenvalue weighted by atomic mass is 10.3. The molecule has 0 saturated carbocycles. The average molecular weight is 244 g/mol. The number of rotatable bonds is 6. The Labute approximate surface area is 97.0 Å². The summed E-state index contributed by atoms with van der Waals surface area (Å²) in [6.07, 6.45) is 4.42. The summed E-state index contributed by atoms with van der Waals surface area (Å²) in [5, 5.41) is 8.08. The summed E-state index contributed by atoms with van der Waals surface area (Å²) < 4.78 is 13.6. The number of aliphatic carboxylic acids is 1. The molecule has 1 rings (SSSR count). The third-order valence-electron chi connectivity index (χ3n) is 2.41. The maximum absolute atomic E-state index is 11.7. The van der Waals surface area contributed by atoms with Crippen LogP contribution < -0.4 is 0 Å². The number of carboxylic acids is 1. The van der Waals surface area contributed by atoms with Crippen LogP contribution in [0.3, 0.4) is 0 Å². The first-order valence-corrected chi connectivity index (χ1v) is 6.50. The molecule has 0 aromatic carbocycles. The summed E-state index contributed by atoms with van der Waals surface area (Å²) >= 11 is 0. The minimum Gasteiger partial charge on any atom is -0.480 e. The SMILES string of the molecule is CCC(C(=O)O)S(=O)CCc1nccn1C. The zero-order valence-corrected chi connectivity index (χ0v) is 10.2. The van der Waals surface area contributed by atoms with E-state index in [1.165, 1.54) is 0 Å². The van der Waals surface area contributed by atoms with E-state index in [4.69, 9.17) is 5.11 Å². The van der Waals surface area contributed by atoms with E-state index in [9.17, 15) is 9.00 Å². The van der Waals surface area contributed by atoms with Crippen LogP contribution in [-0.2, 0) is 29.1 Å².